The van der Waals surface area contributed by atoms with Crippen LogP contribution >= 0.6 is 11.3 Å². The summed E-state index contributed by atoms with van der Waals surface area (Å²) in [7, 11) is 0. The van der Waals surface area contributed by atoms with Crippen LogP contribution in [0.25, 0.3) is 10.2 Å². The van der Waals surface area contributed by atoms with Crippen LogP contribution in [0.1, 0.15) is 12.0 Å². The summed E-state index contributed by atoms with van der Waals surface area (Å²) in [6.45, 7) is 5.41. The Balaban J connectivity index is 1.53. The molecule has 112 valence electrons. The number of thiazole rings is 1. The molecule has 2 aromatic rings. The topological polar surface area (TPSA) is 54.5 Å². The van der Waals surface area contributed by atoms with Crippen molar-refractivity contribution in [1.82, 2.24) is 9.88 Å². The zero-order chi connectivity index (χ0) is 14.7. The third-order valence-electron chi connectivity index (χ3n) is 3.52. The molecule has 2 heterocycles. The molecule has 1 aliphatic heterocycles. The first-order valence-corrected chi connectivity index (χ1v) is 8.00. The lowest BCUT2D eigenvalue weighted by Crippen LogP contribution is -2.41. The SMILES string of the molecule is Cc1ccc2nc(NCCC(=O)N3CCOCC3)sc2c1. The molecule has 1 aromatic carbocycles. The highest BCUT2D eigenvalue weighted by atomic mass is 32.1. The van der Waals surface area contributed by atoms with E-state index < -0.39 is 0 Å². The van der Waals surface area contributed by atoms with E-state index in [0.717, 1.165) is 10.6 Å². The van der Waals surface area contributed by atoms with Gasteiger partial charge in [0.15, 0.2) is 5.13 Å². The van der Waals surface area contributed by atoms with Crippen molar-refractivity contribution in [2.75, 3.05) is 38.2 Å². The third-order valence-corrected chi connectivity index (χ3v) is 4.50. The van der Waals surface area contributed by atoms with E-state index in [0.29, 0.717) is 39.3 Å². The van der Waals surface area contributed by atoms with Crippen molar-refractivity contribution < 1.29 is 9.53 Å². The van der Waals surface area contributed by atoms with Crippen molar-refractivity contribution in [3.8, 4) is 0 Å². The lowest BCUT2D eigenvalue weighted by molar-refractivity contribution is -0.134. The van der Waals surface area contributed by atoms with Gasteiger partial charge in [-0.1, -0.05) is 17.4 Å². The monoisotopic (exact) mass is 305 g/mol. The second-order valence-electron chi connectivity index (χ2n) is 5.16. The second kappa shape index (κ2) is 6.41. The van der Waals surface area contributed by atoms with Crippen LogP contribution < -0.4 is 5.32 Å². The van der Waals surface area contributed by atoms with Crippen LogP contribution in [0.15, 0.2) is 18.2 Å². The fourth-order valence-electron chi connectivity index (χ4n) is 2.35. The average Bonchev–Trinajstić information content (AvgIpc) is 2.89. The minimum atomic E-state index is 0.183. The number of fused-ring (bicyclic) bond motifs is 1. The number of carbonyl (C=O) groups is 1. The van der Waals surface area contributed by atoms with Crippen LogP contribution in [0.4, 0.5) is 5.13 Å². The van der Waals surface area contributed by atoms with Crippen molar-refractivity contribution in [3.05, 3.63) is 23.8 Å². The number of nitrogens with one attached hydrogen (secondary N) is 1. The number of aryl methyl sites for hydroxylation is 1. The van der Waals surface area contributed by atoms with Crippen molar-refractivity contribution in [1.29, 1.82) is 0 Å². The number of aromatic nitrogens is 1. The van der Waals surface area contributed by atoms with E-state index in [-0.39, 0.29) is 5.91 Å². The number of carbonyl (C=O) groups excluding carboxylic acids is 1. The van der Waals surface area contributed by atoms with Gasteiger partial charge in [-0.15, -0.1) is 0 Å². The first-order chi connectivity index (χ1) is 10.2. The second-order valence-corrected chi connectivity index (χ2v) is 6.19. The Labute approximate surface area is 127 Å². The van der Waals surface area contributed by atoms with Crippen LogP contribution in [0.3, 0.4) is 0 Å². The summed E-state index contributed by atoms with van der Waals surface area (Å²) in [5.41, 5.74) is 2.24. The quantitative estimate of drug-likeness (QED) is 0.941. The largest absolute Gasteiger partial charge is 0.378 e. The minimum absolute atomic E-state index is 0.183. The van der Waals surface area contributed by atoms with Crippen molar-refractivity contribution in [3.63, 3.8) is 0 Å². The molecule has 0 saturated carbocycles. The summed E-state index contributed by atoms with van der Waals surface area (Å²) in [6, 6.07) is 6.23. The maximum atomic E-state index is 12.0. The summed E-state index contributed by atoms with van der Waals surface area (Å²) in [5.74, 6) is 0.183. The Morgan fingerprint density at radius 3 is 3.05 bits per heavy atom. The number of ether oxygens (including phenoxy) is 1. The van der Waals surface area contributed by atoms with Gasteiger partial charge in [0.1, 0.15) is 0 Å². The molecule has 1 fully saturated rings. The summed E-state index contributed by atoms with van der Waals surface area (Å²) in [6.07, 6.45) is 0.495. The van der Waals surface area contributed by atoms with Gasteiger partial charge >= 0.3 is 0 Å². The van der Waals surface area contributed by atoms with Crippen molar-refractivity contribution in [2.24, 2.45) is 0 Å². The van der Waals surface area contributed by atoms with Crippen LogP contribution in [-0.2, 0) is 9.53 Å². The van der Waals surface area contributed by atoms with E-state index in [1.807, 2.05) is 11.0 Å². The van der Waals surface area contributed by atoms with Gasteiger partial charge in [0.05, 0.1) is 23.4 Å². The molecular weight excluding hydrogens is 286 g/mol. The number of hydrogen-bond acceptors (Lipinski definition) is 5. The van der Waals surface area contributed by atoms with E-state index in [1.54, 1.807) is 11.3 Å². The summed E-state index contributed by atoms with van der Waals surface area (Å²) >= 11 is 1.63. The lowest BCUT2D eigenvalue weighted by Gasteiger charge is -2.26. The molecule has 0 aliphatic carbocycles. The predicted molar refractivity (Wildman–Crippen MR) is 84.9 cm³/mol. The summed E-state index contributed by atoms with van der Waals surface area (Å²) in [4.78, 5) is 18.4. The Morgan fingerprint density at radius 1 is 1.43 bits per heavy atom. The molecule has 1 aliphatic rings. The zero-order valence-corrected chi connectivity index (χ0v) is 12.9. The third kappa shape index (κ3) is 3.51. The molecule has 0 unspecified atom stereocenters. The number of nitrogens with zero attached hydrogens (tertiary/aromatic N) is 2. The molecule has 3 rings (SSSR count). The molecule has 21 heavy (non-hydrogen) atoms. The van der Waals surface area contributed by atoms with E-state index in [2.05, 4.69) is 29.4 Å². The summed E-state index contributed by atoms with van der Waals surface area (Å²) in [5, 5.41) is 4.13. The smallest absolute Gasteiger partial charge is 0.224 e. The fourth-order valence-corrected chi connectivity index (χ4v) is 3.34. The van der Waals surface area contributed by atoms with Crippen molar-refractivity contribution >= 4 is 32.6 Å². The highest BCUT2D eigenvalue weighted by Crippen LogP contribution is 2.26. The van der Waals surface area contributed by atoms with Gasteiger partial charge in [0, 0.05) is 26.1 Å². The molecular formula is C15H19N3O2S. The van der Waals surface area contributed by atoms with Gasteiger partial charge in [-0.05, 0) is 24.6 Å². The Bertz CT molecular complexity index is 635. The van der Waals surface area contributed by atoms with Gasteiger partial charge < -0.3 is 15.0 Å². The zero-order valence-electron chi connectivity index (χ0n) is 12.1. The number of hydrogen-bond donors (Lipinski definition) is 1. The standard InChI is InChI=1S/C15H19N3O2S/c1-11-2-3-12-13(10-11)21-15(17-12)16-5-4-14(19)18-6-8-20-9-7-18/h2-3,10H,4-9H2,1H3,(H,16,17). The number of amides is 1. The van der Waals surface area contributed by atoms with Gasteiger partial charge in [0.25, 0.3) is 0 Å². The molecule has 0 spiro atoms. The molecule has 0 bridgehead atoms. The van der Waals surface area contributed by atoms with Gasteiger partial charge in [-0.2, -0.15) is 0 Å². The predicted octanol–water partition coefficient (Wildman–Crippen LogP) is 2.27. The molecule has 1 N–H and O–H groups in total. The molecule has 0 atom stereocenters. The van der Waals surface area contributed by atoms with Gasteiger partial charge in [-0.25, -0.2) is 4.98 Å². The van der Waals surface area contributed by atoms with Gasteiger partial charge in [-0.3, -0.25) is 4.79 Å². The van der Waals surface area contributed by atoms with E-state index >= 15 is 0 Å². The molecule has 6 heteroatoms. The Hall–Kier alpha value is -1.66. The fraction of sp³-hybridized carbons (Fsp3) is 0.467. The van der Waals surface area contributed by atoms with Crippen LogP contribution in [-0.4, -0.2) is 48.6 Å². The van der Waals surface area contributed by atoms with E-state index in [1.165, 1.54) is 10.3 Å². The van der Waals surface area contributed by atoms with Gasteiger partial charge in [0.2, 0.25) is 5.91 Å². The average molecular weight is 305 g/mol. The van der Waals surface area contributed by atoms with Crippen LogP contribution in [0, 0.1) is 6.92 Å². The van der Waals surface area contributed by atoms with Crippen molar-refractivity contribution in [2.45, 2.75) is 13.3 Å². The maximum absolute atomic E-state index is 12.0. The first-order valence-electron chi connectivity index (χ1n) is 7.19. The number of morpholine rings is 1. The highest BCUT2D eigenvalue weighted by molar-refractivity contribution is 7.22. The minimum Gasteiger partial charge on any atom is -0.378 e. The molecule has 5 nitrogen and oxygen atoms in total. The molecule has 1 aromatic heterocycles. The Kier molecular flexibility index (Phi) is 4.36. The number of rotatable bonds is 4. The normalized spacial score (nSPS) is 15.4. The highest BCUT2D eigenvalue weighted by Gasteiger charge is 2.16. The Morgan fingerprint density at radius 2 is 2.24 bits per heavy atom. The number of benzene rings is 1. The summed E-state index contributed by atoms with van der Waals surface area (Å²) < 4.78 is 6.43. The molecule has 1 saturated heterocycles. The molecule has 0 radical (unpaired) electrons. The lowest BCUT2D eigenvalue weighted by atomic mass is 10.2. The van der Waals surface area contributed by atoms with E-state index in [9.17, 15) is 4.79 Å². The first kappa shape index (κ1) is 14.3. The molecule has 1 amide bonds. The van der Waals surface area contributed by atoms with E-state index in [4.69, 9.17) is 4.74 Å². The van der Waals surface area contributed by atoms with Crippen LogP contribution in [0.5, 0.6) is 0 Å². The number of anilines is 1. The van der Waals surface area contributed by atoms with Crippen LogP contribution in [0.2, 0.25) is 0 Å². The maximum Gasteiger partial charge on any atom is 0.224 e.